The molecular weight excluding hydrogens is 352 g/mol. The van der Waals surface area contributed by atoms with Crippen molar-refractivity contribution in [2.24, 2.45) is 7.05 Å². The van der Waals surface area contributed by atoms with E-state index in [1.165, 1.54) is 23.7 Å². The first kappa shape index (κ1) is 16.6. The normalized spacial score (nSPS) is 11.8. The number of aryl methyl sites for hydroxylation is 2. The van der Waals surface area contributed by atoms with Gasteiger partial charge in [-0.1, -0.05) is 23.7 Å². The van der Waals surface area contributed by atoms with E-state index in [0.29, 0.717) is 11.2 Å². The molecule has 1 heterocycles. The highest BCUT2D eigenvalue weighted by molar-refractivity contribution is 7.92. The third-order valence-electron chi connectivity index (χ3n) is 3.98. The van der Waals surface area contributed by atoms with Gasteiger partial charge in [-0.3, -0.25) is 9.29 Å². The van der Waals surface area contributed by atoms with Crippen LogP contribution < -0.4 is 10.5 Å². The molecule has 0 aliphatic rings. The van der Waals surface area contributed by atoms with E-state index in [0.717, 1.165) is 11.1 Å². The van der Waals surface area contributed by atoms with E-state index in [9.17, 15) is 13.2 Å². The molecular formula is C16H15ClN2O4S. The summed E-state index contributed by atoms with van der Waals surface area (Å²) in [5.41, 5.74) is 2.85. The minimum atomic E-state index is -3.93. The van der Waals surface area contributed by atoms with Crippen LogP contribution in [0.3, 0.4) is 0 Å². The van der Waals surface area contributed by atoms with Crippen LogP contribution in [0, 0.1) is 13.8 Å². The maximum atomic E-state index is 12.7. The Morgan fingerprint density at radius 2 is 1.92 bits per heavy atom. The van der Waals surface area contributed by atoms with Gasteiger partial charge in [0.05, 0.1) is 16.2 Å². The Morgan fingerprint density at radius 3 is 2.62 bits per heavy atom. The van der Waals surface area contributed by atoms with Crippen LogP contribution in [0.15, 0.2) is 44.4 Å². The largest absolute Gasteiger partial charge is 0.419 e. The molecule has 3 aromatic rings. The lowest BCUT2D eigenvalue weighted by Crippen LogP contribution is -2.14. The molecule has 126 valence electrons. The van der Waals surface area contributed by atoms with E-state index in [1.54, 1.807) is 12.1 Å². The van der Waals surface area contributed by atoms with Gasteiger partial charge >= 0.3 is 5.76 Å². The highest BCUT2D eigenvalue weighted by Gasteiger charge is 2.22. The number of aromatic nitrogens is 1. The van der Waals surface area contributed by atoms with Crippen LogP contribution in [-0.2, 0) is 17.1 Å². The van der Waals surface area contributed by atoms with Crippen molar-refractivity contribution in [2.75, 3.05) is 4.72 Å². The Hall–Kier alpha value is -2.25. The van der Waals surface area contributed by atoms with Crippen LogP contribution in [0.25, 0.3) is 11.1 Å². The molecule has 0 saturated carbocycles. The SMILES string of the molecule is Cc1cccc(NS(=O)(=O)c2cc3oc(=O)n(C)c3cc2Cl)c1C. The Labute approximate surface area is 143 Å². The van der Waals surface area contributed by atoms with Gasteiger partial charge in [0.1, 0.15) is 4.90 Å². The van der Waals surface area contributed by atoms with Gasteiger partial charge in [-0.15, -0.1) is 0 Å². The quantitative estimate of drug-likeness (QED) is 0.771. The summed E-state index contributed by atoms with van der Waals surface area (Å²) < 4.78 is 34.2. The molecule has 0 saturated heterocycles. The minimum absolute atomic E-state index is 0.0108. The lowest BCUT2D eigenvalue weighted by Gasteiger charge is -2.13. The first-order chi connectivity index (χ1) is 11.2. The standard InChI is InChI=1S/C16H15ClN2O4S/c1-9-5-4-6-12(10(9)2)18-24(21,22)15-8-14-13(7-11(15)17)19(3)16(20)23-14/h4-8,18H,1-3H3. The van der Waals surface area contributed by atoms with Gasteiger partial charge in [-0.25, -0.2) is 13.2 Å². The van der Waals surface area contributed by atoms with E-state index < -0.39 is 15.8 Å². The van der Waals surface area contributed by atoms with Crippen LogP contribution in [0.1, 0.15) is 11.1 Å². The van der Waals surface area contributed by atoms with Gasteiger partial charge in [-0.2, -0.15) is 0 Å². The molecule has 0 unspecified atom stereocenters. The van der Waals surface area contributed by atoms with Crippen LogP contribution in [-0.4, -0.2) is 13.0 Å². The Kier molecular flexibility index (Phi) is 3.93. The molecule has 0 atom stereocenters. The molecule has 0 bridgehead atoms. The first-order valence-electron chi connectivity index (χ1n) is 7.09. The lowest BCUT2D eigenvalue weighted by molar-refractivity contribution is 0.527. The zero-order chi connectivity index (χ0) is 17.6. The van der Waals surface area contributed by atoms with Crippen LogP contribution >= 0.6 is 11.6 Å². The Morgan fingerprint density at radius 1 is 1.21 bits per heavy atom. The summed E-state index contributed by atoms with van der Waals surface area (Å²) in [7, 11) is -2.41. The summed E-state index contributed by atoms with van der Waals surface area (Å²) in [6.45, 7) is 3.72. The number of nitrogens with one attached hydrogen (secondary N) is 1. The van der Waals surface area contributed by atoms with Crippen molar-refractivity contribution in [3.8, 4) is 0 Å². The molecule has 24 heavy (non-hydrogen) atoms. The lowest BCUT2D eigenvalue weighted by atomic mass is 10.1. The number of rotatable bonds is 3. The van der Waals surface area contributed by atoms with Gasteiger partial charge in [-0.05, 0) is 37.1 Å². The highest BCUT2D eigenvalue weighted by atomic mass is 35.5. The molecule has 1 aromatic heterocycles. The number of fused-ring (bicyclic) bond motifs is 1. The maximum Gasteiger partial charge on any atom is 0.419 e. The van der Waals surface area contributed by atoms with E-state index >= 15 is 0 Å². The van der Waals surface area contributed by atoms with Crippen LogP contribution in [0.5, 0.6) is 0 Å². The number of anilines is 1. The molecule has 0 aliphatic heterocycles. The molecule has 0 amide bonds. The van der Waals surface area contributed by atoms with Crippen molar-refractivity contribution >= 4 is 38.4 Å². The second-order valence-electron chi connectivity index (χ2n) is 5.53. The van der Waals surface area contributed by atoms with Crippen molar-refractivity contribution in [2.45, 2.75) is 18.7 Å². The number of benzene rings is 2. The number of sulfonamides is 1. The van der Waals surface area contributed by atoms with Gasteiger partial charge in [0.15, 0.2) is 5.58 Å². The molecule has 0 spiro atoms. The van der Waals surface area contributed by atoms with E-state index in [4.69, 9.17) is 16.0 Å². The van der Waals surface area contributed by atoms with Crippen LogP contribution in [0.4, 0.5) is 5.69 Å². The molecule has 1 N–H and O–H groups in total. The fourth-order valence-corrected chi connectivity index (χ4v) is 4.06. The van der Waals surface area contributed by atoms with Crippen molar-refractivity contribution in [3.05, 3.63) is 57.0 Å². The molecule has 0 fully saturated rings. The summed E-state index contributed by atoms with van der Waals surface area (Å²) in [6.07, 6.45) is 0. The number of nitrogens with zero attached hydrogens (tertiary/aromatic N) is 1. The van der Waals surface area contributed by atoms with Crippen LogP contribution in [0.2, 0.25) is 5.02 Å². The third-order valence-corrected chi connectivity index (χ3v) is 5.81. The summed E-state index contributed by atoms with van der Waals surface area (Å²) in [4.78, 5) is 11.4. The fraction of sp³-hybridized carbons (Fsp3) is 0.188. The topological polar surface area (TPSA) is 81.3 Å². The molecule has 0 aliphatic carbocycles. The fourth-order valence-electron chi connectivity index (χ4n) is 2.40. The van der Waals surface area contributed by atoms with E-state index in [1.807, 2.05) is 19.9 Å². The molecule has 3 rings (SSSR count). The minimum Gasteiger partial charge on any atom is -0.408 e. The van der Waals surface area contributed by atoms with Gasteiger partial charge in [0.25, 0.3) is 10.0 Å². The zero-order valence-corrected chi connectivity index (χ0v) is 14.8. The molecule has 0 radical (unpaired) electrons. The Bertz CT molecular complexity index is 1110. The van der Waals surface area contributed by atoms with Gasteiger partial charge in [0.2, 0.25) is 0 Å². The predicted molar refractivity (Wildman–Crippen MR) is 93.2 cm³/mol. The van der Waals surface area contributed by atoms with Gasteiger partial charge in [0, 0.05) is 13.1 Å². The van der Waals surface area contributed by atoms with Crippen molar-refractivity contribution in [1.29, 1.82) is 0 Å². The smallest absolute Gasteiger partial charge is 0.408 e. The summed E-state index contributed by atoms with van der Waals surface area (Å²) in [6, 6.07) is 7.99. The highest BCUT2D eigenvalue weighted by Crippen LogP contribution is 2.29. The van der Waals surface area contributed by atoms with Gasteiger partial charge < -0.3 is 4.42 Å². The summed E-state index contributed by atoms with van der Waals surface area (Å²) >= 11 is 6.13. The Balaban J connectivity index is 2.13. The second-order valence-corrected chi connectivity index (χ2v) is 7.59. The van der Waals surface area contributed by atoms with E-state index in [-0.39, 0.29) is 15.5 Å². The first-order valence-corrected chi connectivity index (χ1v) is 8.95. The van der Waals surface area contributed by atoms with Crippen molar-refractivity contribution in [3.63, 3.8) is 0 Å². The number of hydrogen-bond donors (Lipinski definition) is 1. The average molecular weight is 367 g/mol. The maximum absolute atomic E-state index is 12.7. The molecule has 2 aromatic carbocycles. The summed E-state index contributed by atoms with van der Waals surface area (Å²) in [5, 5.41) is 0.0108. The zero-order valence-electron chi connectivity index (χ0n) is 13.3. The average Bonchev–Trinajstić information content (AvgIpc) is 2.78. The molecule has 8 heteroatoms. The molecule has 6 nitrogen and oxygen atoms in total. The predicted octanol–water partition coefficient (Wildman–Crippen LogP) is 3.20. The van der Waals surface area contributed by atoms with E-state index in [2.05, 4.69) is 4.72 Å². The summed E-state index contributed by atoms with van der Waals surface area (Å²) in [5.74, 6) is -0.585. The number of hydrogen-bond acceptors (Lipinski definition) is 4. The number of halogens is 1. The monoisotopic (exact) mass is 366 g/mol. The second kappa shape index (κ2) is 5.68. The van der Waals surface area contributed by atoms with Crippen molar-refractivity contribution < 1.29 is 12.8 Å². The number of oxazole rings is 1. The van der Waals surface area contributed by atoms with Crippen molar-refractivity contribution in [1.82, 2.24) is 4.57 Å². The third kappa shape index (κ3) is 2.70.